The third-order valence-corrected chi connectivity index (χ3v) is 4.06. The Morgan fingerprint density at radius 1 is 1.07 bits per heavy atom. The van der Waals surface area contributed by atoms with E-state index >= 15 is 0 Å². The van der Waals surface area contributed by atoms with Crippen molar-refractivity contribution >= 4 is 6.08 Å². The minimum absolute atomic E-state index is 0.104. The molecule has 0 aliphatic heterocycles. The van der Waals surface area contributed by atoms with Gasteiger partial charge < -0.3 is 5.11 Å². The first kappa shape index (κ1) is 9.17. The lowest BCUT2D eigenvalue weighted by molar-refractivity contribution is 0.106. The van der Waals surface area contributed by atoms with E-state index in [0.29, 0.717) is 0 Å². The Morgan fingerprint density at radius 2 is 1.67 bits per heavy atom. The van der Waals surface area contributed by atoms with Gasteiger partial charge in [-0.25, -0.2) is 0 Å². The predicted octanol–water partition coefficient (Wildman–Crippen LogP) is 2.89. The number of benzene rings is 1. The Hall–Kier alpha value is -1.08. The molecule has 2 aliphatic carbocycles. The van der Waals surface area contributed by atoms with E-state index in [1.807, 2.05) is 6.08 Å². The van der Waals surface area contributed by atoms with E-state index in [-0.39, 0.29) is 11.0 Å². The molecule has 1 heteroatoms. The van der Waals surface area contributed by atoms with Gasteiger partial charge in [-0.15, -0.1) is 0 Å². The summed E-state index contributed by atoms with van der Waals surface area (Å²) in [6, 6.07) is 8.49. The molecule has 0 radical (unpaired) electrons. The van der Waals surface area contributed by atoms with Crippen molar-refractivity contribution in [1.29, 1.82) is 0 Å². The molecule has 1 aromatic rings. The molecule has 3 rings (SSSR count). The van der Waals surface area contributed by atoms with Crippen molar-refractivity contribution in [2.75, 3.05) is 0 Å². The second-order valence-electron chi connectivity index (χ2n) is 4.94. The van der Waals surface area contributed by atoms with E-state index in [0.717, 1.165) is 31.2 Å². The molecular formula is C14H16O. The number of rotatable bonds is 3. The second-order valence-corrected chi connectivity index (χ2v) is 4.94. The van der Waals surface area contributed by atoms with E-state index in [4.69, 9.17) is 0 Å². The fraction of sp³-hybridized carbons (Fsp3) is 0.429. The number of hydrogen-bond acceptors (Lipinski definition) is 1. The monoisotopic (exact) mass is 200 g/mol. The Labute approximate surface area is 90.4 Å². The zero-order valence-corrected chi connectivity index (χ0v) is 8.87. The molecule has 78 valence electrons. The standard InChI is InChI=1S/C14H16O/c1-2-11-3-5-12(6-4-11)13(7-8-13)14(15)9-10-14/h2-6,15H,1,7-10H2. The summed E-state index contributed by atoms with van der Waals surface area (Å²) in [5.74, 6) is 0. The van der Waals surface area contributed by atoms with Crippen molar-refractivity contribution in [3.8, 4) is 0 Å². The van der Waals surface area contributed by atoms with Crippen molar-refractivity contribution < 1.29 is 5.11 Å². The van der Waals surface area contributed by atoms with Gasteiger partial charge in [-0.1, -0.05) is 36.9 Å². The summed E-state index contributed by atoms with van der Waals surface area (Å²) in [5.41, 5.74) is 2.19. The molecule has 0 spiro atoms. The molecule has 0 heterocycles. The lowest BCUT2D eigenvalue weighted by Gasteiger charge is -2.22. The quantitative estimate of drug-likeness (QED) is 0.795. The Balaban J connectivity index is 1.96. The summed E-state index contributed by atoms with van der Waals surface area (Å²) in [6.07, 6.45) is 6.12. The normalized spacial score (nSPS) is 24.6. The summed E-state index contributed by atoms with van der Waals surface area (Å²) in [5, 5.41) is 10.3. The van der Waals surface area contributed by atoms with Gasteiger partial charge in [0, 0.05) is 5.41 Å². The molecule has 2 fully saturated rings. The number of aliphatic hydroxyl groups is 1. The third-order valence-electron chi connectivity index (χ3n) is 4.06. The van der Waals surface area contributed by atoms with Crippen molar-refractivity contribution in [2.24, 2.45) is 0 Å². The van der Waals surface area contributed by atoms with Gasteiger partial charge in [-0.2, -0.15) is 0 Å². The molecule has 0 bridgehead atoms. The van der Waals surface area contributed by atoms with E-state index in [2.05, 4.69) is 30.8 Å². The molecule has 0 saturated heterocycles. The van der Waals surface area contributed by atoms with Crippen LogP contribution in [0.4, 0.5) is 0 Å². The Bertz CT molecular complexity index is 394. The SMILES string of the molecule is C=Cc1ccc(C2(C3(O)CC3)CC2)cc1. The van der Waals surface area contributed by atoms with Crippen molar-refractivity contribution in [3.05, 3.63) is 42.0 Å². The van der Waals surface area contributed by atoms with Crippen LogP contribution < -0.4 is 0 Å². The van der Waals surface area contributed by atoms with E-state index in [9.17, 15) is 5.11 Å². The van der Waals surface area contributed by atoms with Gasteiger partial charge in [-0.3, -0.25) is 0 Å². The van der Waals surface area contributed by atoms with Crippen molar-refractivity contribution in [1.82, 2.24) is 0 Å². The van der Waals surface area contributed by atoms with Crippen LogP contribution in [0.25, 0.3) is 6.08 Å². The van der Waals surface area contributed by atoms with Crippen LogP contribution in [0.3, 0.4) is 0 Å². The van der Waals surface area contributed by atoms with Gasteiger partial charge in [0.1, 0.15) is 0 Å². The average molecular weight is 200 g/mol. The lowest BCUT2D eigenvalue weighted by atomic mass is 9.87. The highest BCUT2D eigenvalue weighted by atomic mass is 16.3. The molecular weight excluding hydrogens is 184 g/mol. The molecule has 0 unspecified atom stereocenters. The second kappa shape index (κ2) is 2.73. The van der Waals surface area contributed by atoms with Gasteiger partial charge in [-0.05, 0) is 36.8 Å². The van der Waals surface area contributed by atoms with Crippen LogP contribution >= 0.6 is 0 Å². The fourth-order valence-electron chi connectivity index (χ4n) is 2.68. The summed E-state index contributed by atoms with van der Waals surface area (Å²) >= 11 is 0. The van der Waals surface area contributed by atoms with Gasteiger partial charge in [0.05, 0.1) is 5.60 Å². The zero-order valence-electron chi connectivity index (χ0n) is 8.87. The minimum atomic E-state index is -0.372. The smallest absolute Gasteiger partial charge is 0.0746 e. The van der Waals surface area contributed by atoms with Gasteiger partial charge in [0.25, 0.3) is 0 Å². The lowest BCUT2D eigenvalue weighted by Crippen LogP contribution is -2.27. The van der Waals surface area contributed by atoms with Crippen LogP contribution in [0.15, 0.2) is 30.8 Å². The van der Waals surface area contributed by atoms with Gasteiger partial charge in [0.15, 0.2) is 0 Å². The van der Waals surface area contributed by atoms with Crippen LogP contribution in [-0.4, -0.2) is 10.7 Å². The summed E-state index contributed by atoms with van der Waals surface area (Å²) in [4.78, 5) is 0. The van der Waals surface area contributed by atoms with Crippen LogP contribution in [0.1, 0.15) is 36.8 Å². The molecule has 2 aliphatic rings. The topological polar surface area (TPSA) is 20.2 Å². The highest BCUT2D eigenvalue weighted by Crippen LogP contribution is 2.64. The maximum atomic E-state index is 10.3. The molecule has 0 atom stereocenters. The summed E-state index contributed by atoms with van der Waals surface area (Å²) < 4.78 is 0. The van der Waals surface area contributed by atoms with Crippen LogP contribution in [0.2, 0.25) is 0 Å². The average Bonchev–Trinajstić information content (AvgIpc) is 3.13. The first-order valence-corrected chi connectivity index (χ1v) is 5.66. The van der Waals surface area contributed by atoms with Gasteiger partial charge in [0.2, 0.25) is 0 Å². The third kappa shape index (κ3) is 1.19. The molecule has 2 saturated carbocycles. The van der Waals surface area contributed by atoms with E-state index in [1.54, 1.807) is 0 Å². The summed E-state index contributed by atoms with van der Waals surface area (Å²) in [6.45, 7) is 3.75. The molecule has 1 nitrogen and oxygen atoms in total. The van der Waals surface area contributed by atoms with Crippen LogP contribution in [0, 0.1) is 0 Å². The minimum Gasteiger partial charge on any atom is -0.389 e. The first-order chi connectivity index (χ1) is 7.20. The van der Waals surface area contributed by atoms with E-state index < -0.39 is 0 Å². The predicted molar refractivity (Wildman–Crippen MR) is 61.6 cm³/mol. The molecule has 1 N–H and O–H groups in total. The Morgan fingerprint density at radius 3 is 2.07 bits per heavy atom. The van der Waals surface area contributed by atoms with Crippen LogP contribution in [0.5, 0.6) is 0 Å². The highest BCUT2D eigenvalue weighted by molar-refractivity contribution is 5.50. The summed E-state index contributed by atoms with van der Waals surface area (Å²) in [7, 11) is 0. The van der Waals surface area contributed by atoms with Crippen molar-refractivity contribution in [2.45, 2.75) is 36.7 Å². The Kier molecular flexibility index (Phi) is 1.67. The fourth-order valence-corrected chi connectivity index (χ4v) is 2.68. The maximum absolute atomic E-state index is 10.3. The zero-order chi connectivity index (χ0) is 10.5. The first-order valence-electron chi connectivity index (χ1n) is 5.66. The molecule has 15 heavy (non-hydrogen) atoms. The molecule has 0 aromatic heterocycles. The van der Waals surface area contributed by atoms with Gasteiger partial charge >= 0.3 is 0 Å². The molecule has 0 amide bonds. The maximum Gasteiger partial charge on any atom is 0.0746 e. The van der Waals surface area contributed by atoms with Crippen molar-refractivity contribution in [3.63, 3.8) is 0 Å². The van der Waals surface area contributed by atoms with E-state index in [1.165, 1.54) is 5.56 Å². The molecule has 1 aromatic carbocycles. The highest BCUT2D eigenvalue weighted by Gasteiger charge is 2.65. The largest absolute Gasteiger partial charge is 0.389 e. The van der Waals surface area contributed by atoms with Crippen LogP contribution in [-0.2, 0) is 5.41 Å². The number of hydrogen-bond donors (Lipinski definition) is 1.